The van der Waals surface area contributed by atoms with Gasteiger partial charge in [-0.1, -0.05) is 6.07 Å². The predicted molar refractivity (Wildman–Crippen MR) is 78.6 cm³/mol. The number of carbonyl (C=O) groups excluding carboxylic acids is 1. The van der Waals surface area contributed by atoms with Gasteiger partial charge in [-0.3, -0.25) is 9.20 Å². The first-order chi connectivity index (χ1) is 10.3. The number of amides is 1. The van der Waals surface area contributed by atoms with Crippen LogP contribution in [0.15, 0.2) is 24.4 Å². The van der Waals surface area contributed by atoms with Crippen molar-refractivity contribution >= 4 is 11.6 Å². The van der Waals surface area contributed by atoms with Gasteiger partial charge in [-0.2, -0.15) is 0 Å². The first kappa shape index (κ1) is 14.0. The highest BCUT2D eigenvalue weighted by molar-refractivity contribution is 5.94. The summed E-state index contributed by atoms with van der Waals surface area (Å²) in [6.07, 6.45) is 1.87. The van der Waals surface area contributed by atoms with Crippen molar-refractivity contribution in [3.05, 3.63) is 35.8 Å². The third kappa shape index (κ3) is 3.06. The molecule has 112 valence electrons. The highest BCUT2D eigenvalue weighted by atomic mass is 16.5. The monoisotopic (exact) mass is 289 g/mol. The summed E-state index contributed by atoms with van der Waals surface area (Å²) in [5.41, 5.74) is 2.19. The molecule has 0 saturated carbocycles. The largest absolute Gasteiger partial charge is 0.370 e. The number of aromatic nitrogens is 2. The normalized spacial score (nSPS) is 16.2. The molecule has 0 unspecified atom stereocenters. The minimum Gasteiger partial charge on any atom is -0.370 e. The summed E-state index contributed by atoms with van der Waals surface area (Å²) in [6, 6.07) is 5.73. The van der Waals surface area contributed by atoms with Gasteiger partial charge < -0.3 is 15.0 Å². The third-order valence-corrected chi connectivity index (χ3v) is 3.88. The zero-order chi connectivity index (χ0) is 14.7. The molecule has 1 amide bonds. The number of hydrogen-bond donors (Lipinski definition) is 2. The molecule has 6 nitrogen and oxygen atoms in total. The third-order valence-electron chi connectivity index (χ3n) is 3.88. The molecule has 1 aliphatic heterocycles. The van der Waals surface area contributed by atoms with Gasteiger partial charge in [0.25, 0.3) is 5.91 Å². The average Bonchev–Trinajstić information content (AvgIpc) is 2.84. The van der Waals surface area contributed by atoms with Crippen molar-refractivity contribution in [2.45, 2.75) is 6.92 Å². The number of imidazole rings is 1. The van der Waals surface area contributed by atoms with Crippen LogP contribution in [0.1, 0.15) is 16.2 Å². The van der Waals surface area contributed by atoms with E-state index in [1.165, 1.54) is 4.90 Å². The van der Waals surface area contributed by atoms with Gasteiger partial charge in [-0.25, -0.2) is 4.98 Å². The van der Waals surface area contributed by atoms with Crippen molar-refractivity contribution in [2.24, 2.45) is 0 Å². The van der Waals surface area contributed by atoms with Gasteiger partial charge in [0, 0.05) is 6.20 Å². The highest BCUT2D eigenvalue weighted by Crippen LogP contribution is 2.11. The van der Waals surface area contributed by atoms with E-state index in [9.17, 15) is 4.79 Å². The molecule has 2 aromatic rings. The highest BCUT2D eigenvalue weighted by Gasteiger charge is 2.17. The van der Waals surface area contributed by atoms with Gasteiger partial charge in [-0.15, -0.1) is 0 Å². The Morgan fingerprint density at radius 1 is 1.43 bits per heavy atom. The fourth-order valence-electron chi connectivity index (χ4n) is 2.73. The van der Waals surface area contributed by atoms with Crippen LogP contribution < -0.4 is 10.2 Å². The Hall–Kier alpha value is -1.92. The van der Waals surface area contributed by atoms with E-state index in [1.54, 1.807) is 0 Å². The van der Waals surface area contributed by atoms with Crippen molar-refractivity contribution in [1.29, 1.82) is 0 Å². The molecule has 6 heteroatoms. The SMILES string of the molecule is Cc1nc2ccccn2c1C(=O)NCC[NH+]1CCOCC1. The number of nitrogens with one attached hydrogen (secondary N) is 2. The lowest BCUT2D eigenvalue weighted by Gasteiger charge is -2.23. The second-order valence-corrected chi connectivity index (χ2v) is 5.34. The van der Waals surface area contributed by atoms with Gasteiger partial charge >= 0.3 is 0 Å². The molecule has 0 aliphatic carbocycles. The lowest BCUT2D eigenvalue weighted by Crippen LogP contribution is -3.14. The topological polar surface area (TPSA) is 60.1 Å². The molecule has 3 rings (SSSR count). The Morgan fingerprint density at radius 3 is 3.05 bits per heavy atom. The molecule has 1 fully saturated rings. The number of hydrogen-bond acceptors (Lipinski definition) is 3. The van der Waals surface area contributed by atoms with E-state index in [2.05, 4.69) is 10.3 Å². The first-order valence-corrected chi connectivity index (χ1v) is 7.39. The van der Waals surface area contributed by atoms with Crippen molar-refractivity contribution in [1.82, 2.24) is 14.7 Å². The van der Waals surface area contributed by atoms with E-state index >= 15 is 0 Å². The molecular formula is C15H21N4O2+. The summed E-state index contributed by atoms with van der Waals surface area (Å²) in [5, 5.41) is 3.00. The predicted octanol–water partition coefficient (Wildman–Crippen LogP) is -0.712. The Bertz CT molecular complexity index is 632. The van der Waals surface area contributed by atoms with Crippen LogP contribution in [0.3, 0.4) is 0 Å². The van der Waals surface area contributed by atoms with Crippen LogP contribution in [0, 0.1) is 6.92 Å². The maximum Gasteiger partial charge on any atom is 0.270 e. The van der Waals surface area contributed by atoms with E-state index < -0.39 is 0 Å². The summed E-state index contributed by atoms with van der Waals surface area (Å²) >= 11 is 0. The van der Waals surface area contributed by atoms with Crippen LogP contribution in [0.5, 0.6) is 0 Å². The molecule has 0 spiro atoms. The lowest BCUT2D eigenvalue weighted by molar-refractivity contribution is -0.906. The number of morpholine rings is 1. The maximum atomic E-state index is 12.4. The van der Waals surface area contributed by atoms with Gasteiger partial charge in [0.15, 0.2) is 0 Å². The van der Waals surface area contributed by atoms with E-state index in [1.807, 2.05) is 35.7 Å². The van der Waals surface area contributed by atoms with E-state index in [0.717, 1.165) is 44.2 Å². The summed E-state index contributed by atoms with van der Waals surface area (Å²) in [6.45, 7) is 7.15. The van der Waals surface area contributed by atoms with Gasteiger partial charge in [0.2, 0.25) is 0 Å². The number of ether oxygens (including phenoxy) is 1. The molecule has 0 radical (unpaired) electrons. The quantitative estimate of drug-likeness (QED) is 0.781. The Morgan fingerprint density at radius 2 is 2.24 bits per heavy atom. The van der Waals surface area contributed by atoms with Crippen LogP contribution in [0.2, 0.25) is 0 Å². The maximum absolute atomic E-state index is 12.4. The van der Waals surface area contributed by atoms with Crippen molar-refractivity contribution < 1.29 is 14.4 Å². The zero-order valence-electron chi connectivity index (χ0n) is 12.3. The van der Waals surface area contributed by atoms with E-state index in [0.29, 0.717) is 12.2 Å². The zero-order valence-corrected chi connectivity index (χ0v) is 12.3. The fourth-order valence-corrected chi connectivity index (χ4v) is 2.73. The van der Waals surface area contributed by atoms with Crippen molar-refractivity contribution in [3.63, 3.8) is 0 Å². The van der Waals surface area contributed by atoms with Crippen LogP contribution in [0.25, 0.3) is 5.65 Å². The van der Waals surface area contributed by atoms with Gasteiger partial charge in [0.05, 0.1) is 32.0 Å². The summed E-state index contributed by atoms with van der Waals surface area (Å²) in [4.78, 5) is 18.3. The van der Waals surface area contributed by atoms with Crippen LogP contribution in [0.4, 0.5) is 0 Å². The molecule has 2 N–H and O–H groups in total. The summed E-state index contributed by atoms with van der Waals surface area (Å²) in [5.74, 6) is -0.0566. The Balaban J connectivity index is 1.62. The molecule has 2 aromatic heterocycles. The standard InChI is InChI=1S/C15H20N4O2/c1-12-14(19-6-3-2-4-13(19)17-12)15(20)16-5-7-18-8-10-21-11-9-18/h2-4,6H,5,7-11H2,1H3,(H,16,20)/p+1. The summed E-state index contributed by atoms with van der Waals surface area (Å²) in [7, 11) is 0. The minimum absolute atomic E-state index is 0.0566. The second kappa shape index (κ2) is 6.24. The first-order valence-electron chi connectivity index (χ1n) is 7.39. The van der Waals surface area contributed by atoms with E-state index in [4.69, 9.17) is 4.74 Å². The van der Waals surface area contributed by atoms with Gasteiger partial charge in [-0.05, 0) is 19.1 Å². The van der Waals surface area contributed by atoms with Crippen molar-refractivity contribution in [2.75, 3.05) is 39.4 Å². The number of rotatable bonds is 4. The fraction of sp³-hybridized carbons (Fsp3) is 0.467. The molecule has 0 aromatic carbocycles. The van der Waals surface area contributed by atoms with E-state index in [-0.39, 0.29) is 5.91 Å². The number of quaternary nitrogens is 1. The van der Waals surface area contributed by atoms with Crippen LogP contribution in [-0.4, -0.2) is 54.7 Å². The number of pyridine rings is 1. The molecule has 1 saturated heterocycles. The average molecular weight is 289 g/mol. The molecule has 3 heterocycles. The molecule has 21 heavy (non-hydrogen) atoms. The van der Waals surface area contributed by atoms with Gasteiger partial charge in [0.1, 0.15) is 24.4 Å². The Kier molecular flexibility index (Phi) is 4.17. The minimum atomic E-state index is -0.0566. The molecule has 0 atom stereocenters. The van der Waals surface area contributed by atoms with Crippen LogP contribution in [-0.2, 0) is 4.74 Å². The van der Waals surface area contributed by atoms with Crippen LogP contribution >= 0.6 is 0 Å². The number of carbonyl (C=O) groups is 1. The number of nitrogens with zero attached hydrogens (tertiary/aromatic N) is 2. The molecular weight excluding hydrogens is 268 g/mol. The molecule has 0 bridgehead atoms. The Labute approximate surface area is 123 Å². The van der Waals surface area contributed by atoms with Crippen molar-refractivity contribution in [3.8, 4) is 0 Å². The molecule has 1 aliphatic rings. The number of aryl methyl sites for hydroxylation is 1. The second-order valence-electron chi connectivity index (χ2n) is 5.34. The number of fused-ring (bicyclic) bond motifs is 1. The lowest BCUT2D eigenvalue weighted by atomic mass is 10.3. The summed E-state index contributed by atoms with van der Waals surface area (Å²) < 4.78 is 7.17. The smallest absolute Gasteiger partial charge is 0.270 e.